The van der Waals surface area contributed by atoms with E-state index in [-0.39, 0.29) is 35.4 Å². The first-order valence-corrected chi connectivity index (χ1v) is 8.18. The molecule has 0 aromatic heterocycles. The third-order valence-electron chi connectivity index (χ3n) is 4.29. The molecule has 0 bridgehead atoms. The fraction of sp³-hybridized carbons (Fsp3) is 0.556. The zero-order valence-corrected chi connectivity index (χ0v) is 14.1. The lowest BCUT2D eigenvalue weighted by atomic mass is 9.87. The molecular weight excluding hydrogens is 292 g/mol. The first-order chi connectivity index (χ1) is 10.8. The van der Waals surface area contributed by atoms with Crippen molar-refractivity contribution in [1.29, 1.82) is 0 Å². The maximum absolute atomic E-state index is 12.0. The van der Waals surface area contributed by atoms with E-state index in [1.807, 2.05) is 6.07 Å². The molecule has 1 aliphatic rings. The lowest BCUT2D eigenvalue weighted by Gasteiger charge is -2.20. The van der Waals surface area contributed by atoms with E-state index < -0.39 is 0 Å². The van der Waals surface area contributed by atoms with Gasteiger partial charge in [0, 0.05) is 5.92 Å². The van der Waals surface area contributed by atoms with Crippen molar-refractivity contribution in [1.82, 2.24) is 5.32 Å². The highest BCUT2D eigenvalue weighted by atomic mass is 16.3. The van der Waals surface area contributed by atoms with Gasteiger partial charge in [0.1, 0.15) is 5.75 Å². The maximum atomic E-state index is 12.0. The van der Waals surface area contributed by atoms with Crippen LogP contribution in [0.2, 0.25) is 0 Å². The van der Waals surface area contributed by atoms with Crippen molar-refractivity contribution in [2.24, 2.45) is 5.92 Å². The second-order valence-corrected chi connectivity index (χ2v) is 7.23. The van der Waals surface area contributed by atoms with Crippen LogP contribution in [0.15, 0.2) is 18.2 Å². The second-order valence-electron chi connectivity index (χ2n) is 7.23. The number of phenolic OH excluding ortho intramolecular Hbond substituents is 1. The molecule has 1 fully saturated rings. The van der Waals surface area contributed by atoms with Crippen molar-refractivity contribution in [2.45, 2.75) is 51.9 Å². The summed E-state index contributed by atoms with van der Waals surface area (Å²) < 4.78 is 0. The number of hydrogen-bond acceptors (Lipinski definition) is 3. The van der Waals surface area contributed by atoms with Crippen molar-refractivity contribution < 1.29 is 14.7 Å². The molecule has 5 heteroatoms. The number of rotatable bonds is 4. The first kappa shape index (κ1) is 17.3. The van der Waals surface area contributed by atoms with Crippen molar-refractivity contribution in [2.75, 3.05) is 11.9 Å². The molecule has 2 rings (SSSR count). The topological polar surface area (TPSA) is 78.4 Å². The molecule has 0 heterocycles. The highest BCUT2D eigenvalue weighted by Crippen LogP contribution is 2.30. The molecule has 0 radical (unpaired) electrons. The van der Waals surface area contributed by atoms with Gasteiger partial charge in [-0.15, -0.1) is 0 Å². The zero-order chi connectivity index (χ0) is 17.0. The van der Waals surface area contributed by atoms with Gasteiger partial charge >= 0.3 is 0 Å². The van der Waals surface area contributed by atoms with Gasteiger partial charge in [0.25, 0.3) is 0 Å². The van der Waals surface area contributed by atoms with Crippen molar-refractivity contribution in [3.63, 3.8) is 0 Å². The summed E-state index contributed by atoms with van der Waals surface area (Å²) in [5.41, 5.74) is 1.31. The molecule has 0 unspecified atom stereocenters. The van der Waals surface area contributed by atoms with Crippen LogP contribution in [0.4, 0.5) is 5.69 Å². The van der Waals surface area contributed by atoms with Crippen molar-refractivity contribution in [3.8, 4) is 5.75 Å². The van der Waals surface area contributed by atoms with Gasteiger partial charge in [0.05, 0.1) is 12.2 Å². The Morgan fingerprint density at radius 3 is 2.48 bits per heavy atom. The SMILES string of the molecule is CC(C)(C)c1ccc(O)c(NC(=O)CNC(=O)C2CCCC2)c1. The summed E-state index contributed by atoms with van der Waals surface area (Å²) >= 11 is 0. The average Bonchev–Trinajstić information content (AvgIpc) is 3.00. The Kier molecular flexibility index (Phi) is 5.29. The predicted molar refractivity (Wildman–Crippen MR) is 90.4 cm³/mol. The Hall–Kier alpha value is -2.04. The number of anilines is 1. The summed E-state index contributed by atoms with van der Waals surface area (Å²) in [7, 11) is 0. The van der Waals surface area contributed by atoms with Crippen LogP contribution >= 0.6 is 0 Å². The van der Waals surface area contributed by atoms with Crippen LogP contribution in [0, 0.1) is 5.92 Å². The largest absolute Gasteiger partial charge is 0.506 e. The molecule has 23 heavy (non-hydrogen) atoms. The number of carbonyl (C=O) groups is 2. The van der Waals surface area contributed by atoms with Gasteiger partial charge < -0.3 is 15.7 Å². The molecule has 2 amide bonds. The van der Waals surface area contributed by atoms with Crippen LogP contribution in [0.25, 0.3) is 0 Å². The summed E-state index contributed by atoms with van der Waals surface area (Å²) in [4.78, 5) is 23.9. The molecule has 5 nitrogen and oxygen atoms in total. The number of carbonyl (C=O) groups excluding carboxylic acids is 2. The van der Waals surface area contributed by atoms with Gasteiger partial charge in [-0.3, -0.25) is 9.59 Å². The Bertz CT molecular complexity index is 584. The number of hydrogen-bond donors (Lipinski definition) is 3. The molecule has 1 aromatic rings. The number of nitrogens with one attached hydrogen (secondary N) is 2. The van der Waals surface area contributed by atoms with Crippen LogP contribution in [-0.2, 0) is 15.0 Å². The highest BCUT2D eigenvalue weighted by Gasteiger charge is 2.23. The minimum atomic E-state index is -0.335. The van der Waals surface area contributed by atoms with Crippen molar-refractivity contribution >= 4 is 17.5 Å². The van der Waals surface area contributed by atoms with E-state index in [2.05, 4.69) is 31.4 Å². The Morgan fingerprint density at radius 2 is 1.87 bits per heavy atom. The fourth-order valence-corrected chi connectivity index (χ4v) is 2.80. The number of benzene rings is 1. The zero-order valence-electron chi connectivity index (χ0n) is 14.1. The summed E-state index contributed by atoms with van der Waals surface area (Å²) in [6.45, 7) is 6.11. The van der Waals surface area contributed by atoms with Gasteiger partial charge in [-0.25, -0.2) is 0 Å². The second kappa shape index (κ2) is 7.02. The van der Waals surface area contributed by atoms with E-state index in [1.165, 1.54) is 0 Å². The van der Waals surface area contributed by atoms with Crippen LogP contribution in [0.3, 0.4) is 0 Å². The third kappa shape index (κ3) is 4.71. The molecular formula is C18H26N2O3. The number of phenols is 1. The monoisotopic (exact) mass is 318 g/mol. The number of amides is 2. The fourth-order valence-electron chi connectivity index (χ4n) is 2.80. The molecule has 0 aliphatic heterocycles. The standard InChI is InChI=1S/C18H26N2O3/c1-18(2,3)13-8-9-15(21)14(10-13)20-16(22)11-19-17(23)12-6-4-5-7-12/h8-10,12,21H,4-7,11H2,1-3H3,(H,19,23)(H,20,22). The molecule has 126 valence electrons. The quantitative estimate of drug-likeness (QED) is 0.747. The van der Waals surface area contributed by atoms with Crippen LogP contribution in [0.5, 0.6) is 5.75 Å². The highest BCUT2D eigenvalue weighted by molar-refractivity contribution is 5.96. The van der Waals surface area contributed by atoms with Gasteiger partial charge in [-0.1, -0.05) is 39.7 Å². The predicted octanol–water partition coefficient (Wildman–Crippen LogP) is 2.93. The summed E-state index contributed by atoms with van der Waals surface area (Å²) in [5, 5.41) is 15.2. The Balaban J connectivity index is 1.93. The Labute approximate surface area is 137 Å². The van der Waals surface area contributed by atoms with Crippen LogP contribution in [0.1, 0.15) is 52.0 Å². The van der Waals surface area contributed by atoms with Gasteiger partial charge in [0.15, 0.2) is 0 Å². The van der Waals surface area contributed by atoms with Crippen LogP contribution < -0.4 is 10.6 Å². The van der Waals surface area contributed by atoms with E-state index in [4.69, 9.17) is 0 Å². The number of aromatic hydroxyl groups is 1. The van der Waals surface area contributed by atoms with E-state index >= 15 is 0 Å². The lowest BCUT2D eigenvalue weighted by Crippen LogP contribution is -2.36. The maximum Gasteiger partial charge on any atom is 0.243 e. The normalized spacial score (nSPS) is 15.4. The lowest BCUT2D eigenvalue weighted by molar-refractivity contribution is -0.127. The minimum Gasteiger partial charge on any atom is -0.506 e. The molecule has 1 aliphatic carbocycles. The molecule has 0 saturated heterocycles. The minimum absolute atomic E-state index is 0.0217. The summed E-state index contributed by atoms with van der Waals surface area (Å²) in [6, 6.07) is 5.19. The molecule has 3 N–H and O–H groups in total. The smallest absolute Gasteiger partial charge is 0.243 e. The summed E-state index contributed by atoms with van der Waals surface area (Å²) in [6.07, 6.45) is 3.97. The molecule has 0 atom stereocenters. The first-order valence-electron chi connectivity index (χ1n) is 8.18. The van der Waals surface area contributed by atoms with Gasteiger partial charge in [-0.05, 0) is 36.0 Å². The van der Waals surface area contributed by atoms with E-state index in [0.717, 1.165) is 31.2 Å². The van der Waals surface area contributed by atoms with E-state index in [9.17, 15) is 14.7 Å². The van der Waals surface area contributed by atoms with Gasteiger partial charge in [-0.2, -0.15) is 0 Å². The van der Waals surface area contributed by atoms with E-state index in [1.54, 1.807) is 12.1 Å². The molecule has 1 saturated carbocycles. The molecule has 0 spiro atoms. The van der Waals surface area contributed by atoms with Crippen molar-refractivity contribution in [3.05, 3.63) is 23.8 Å². The molecule has 1 aromatic carbocycles. The van der Waals surface area contributed by atoms with E-state index in [0.29, 0.717) is 5.69 Å². The van der Waals surface area contributed by atoms with Gasteiger partial charge in [0.2, 0.25) is 11.8 Å². The van der Waals surface area contributed by atoms with Crippen LogP contribution in [-0.4, -0.2) is 23.5 Å². The third-order valence-corrected chi connectivity index (χ3v) is 4.29. The Morgan fingerprint density at radius 1 is 1.22 bits per heavy atom. The average molecular weight is 318 g/mol. The summed E-state index contributed by atoms with van der Waals surface area (Å²) in [5.74, 6) is -0.322.